The summed E-state index contributed by atoms with van der Waals surface area (Å²) in [6, 6.07) is 7.47. The molecule has 0 bridgehead atoms. The van der Waals surface area contributed by atoms with E-state index in [1.54, 1.807) is 6.92 Å². The van der Waals surface area contributed by atoms with Crippen molar-refractivity contribution in [2.24, 2.45) is 0 Å². The molecule has 1 unspecified atom stereocenters. The second-order valence-corrected chi connectivity index (χ2v) is 6.20. The Hall–Kier alpha value is -1.43. The van der Waals surface area contributed by atoms with Crippen molar-refractivity contribution in [1.82, 2.24) is 0 Å². The average molecular weight is 322 g/mol. The molecule has 128 valence electrons. The van der Waals surface area contributed by atoms with Crippen LogP contribution in [0.2, 0.25) is 0 Å². The molecule has 0 radical (unpaired) electrons. The van der Waals surface area contributed by atoms with Crippen LogP contribution in [0, 0.1) is 0 Å². The zero-order valence-electron chi connectivity index (χ0n) is 14.1. The predicted molar refractivity (Wildman–Crippen MR) is 86.0 cm³/mol. The molecular weight excluding hydrogens is 296 g/mol. The summed E-state index contributed by atoms with van der Waals surface area (Å²) < 4.78 is 16.0. The molecule has 1 aromatic carbocycles. The van der Waals surface area contributed by atoms with E-state index in [1.165, 1.54) is 0 Å². The van der Waals surface area contributed by atoms with Gasteiger partial charge in [-0.25, -0.2) is 0 Å². The standard InChI is InChI=1S/C18H26O5/c1-4-21-17(20)18(2,3)14-8-6-5-7-13(14)15(19)9-10-16-22-11-12-23-16/h5-8,15-16,19H,4,9-12H2,1-3H3. The van der Waals surface area contributed by atoms with Gasteiger partial charge < -0.3 is 19.3 Å². The molecule has 1 saturated heterocycles. The number of carbonyl (C=O) groups excluding carboxylic acids is 1. The number of esters is 1. The molecule has 2 rings (SSSR count). The summed E-state index contributed by atoms with van der Waals surface area (Å²) in [6.45, 7) is 6.97. The Morgan fingerprint density at radius 1 is 1.35 bits per heavy atom. The highest BCUT2D eigenvalue weighted by Crippen LogP contribution is 2.33. The first kappa shape index (κ1) is 17.9. The van der Waals surface area contributed by atoms with Crippen molar-refractivity contribution in [2.75, 3.05) is 19.8 Å². The molecular formula is C18H26O5. The summed E-state index contributed by atoms with van der Waals surface area (Å²) in [7, 11) is 0. The van der Waals surface area contributed by atoms with Crippen molar-refractivity contribution < 1.29 is 24.1 Å². The van der Waals surface area contributed by atoms with Crippen LogP contribution >= 0.6 is 0 Å². The van der Waals surface area contributed by atoms with Gasteiger partial charge in [0.1, 0.15) is 0 Å². The van der Waals surface area contributed by atoms with Gasteiger partial charge in [-0.05, 0) is 38.3 Å². The first-order valence-electron chi connectivity index (χ1n) is 8.14. The first-order valence-corrected chi connectivity index (χ1v) is 8.14. The van der Waals surface area contributed by atoms with Gasteiger partial charge >= 0.3 is 5.97 Å². The Morgan fingerprint density at radius 2 is 2.00 bits per heavy atom. The Kier molecular flexibility index (Phi) is 6.16. The number of ether oxygens (including phenoxy) is 3. The van der Waals surface area contributed by atoms with Gasteiger partial charge in [-0.15, -0.1) is 0 Å². The minimum Gasteiger partial charge on any atom is -0.465 e. The van der Waals surface area contributed by atoms with E-state index in [9.17, 15) is 9.90 Å². The third-order valence-electron chi connectivity index (χ3n) is 4.15. The molecule has 1 aliphatic rings. The molecule has 1 heterocycles. The molecule has 0 aliphatic carbocycles. The molecule has 5 nitrogen and oxygen atoms in total. The van der Waals surface area contributed by atoms with Crippen LogP contribution in [0.3, 0.4) is 0 Å². The van der Waals surface area contributed by atoms with Crippen LogP contribution in [0.25, 0.3) is 0 Å². The monoisotopic (exact) mass is 322 g/mol. The number of hydrogen-bond donors (Lipinski definition) is 1. The van der Waals surface area contributed by atoms with E-state index >= 15 is 0 Å². The summed E-state index contributed by atoms with van der Waals surface area (Å²) in [5.74, 6) is -0.290. The molecule has 23 heavy (non-hydrogen) atoms. The fraction of sp³-hybridized carbons (Fsp3) is 0.611. The summed E-state index contributed by atoms with van der Waals surface area (Å²) in [5.41, 5.74) is 0.733. The number of benzene rings is 1. The van der Waals surface area contributed by atoms with Gasteiger partial charge in [0.2, 0.25) is 0 Å². The Bertz CT molecular complexity index is 520. The maximum atomic E-state index is 12.3. The minimum atomic E-state index is -0.812. The molecule has 0 amide bonds. The van der Waals surface area contributed by atoms with Gasteiger partial charge in [0.15, 0.2) is 6.29 Å². The predicted octanol–water partition coefficient (Wildman–Crippen LogP) is 2.71. The van der Waals surface area contributed by atoms with Gasteiger partial charge in [-0.3, -0.25) is 4.79 Å². The van der Waals surface area contributed by atoms with Gasteiger partial charge in [0, 0.05) is 6.42 Å². The van der Waals surface area contributed by atoms with Crippen molar-refractivity contribution in [3.63, 3.8) is 0 Å². The van der Waals surface area contributed by atoms with E-state index in [0.717, 1.165) is 11.1 Å². The molecule has 0 spiro atoms. The number of hydrogen-bond acceptors (Lipinski definition) is 5. The normalized spacial score (nSPS) is 17.2. The smallest absolute Gasteiger partial charge is 0.315 e. The fourth-order valence-corrected chi connectivity index (χ4v) is 2.80. The van der Waals surface area contributed by atoms with Gasteiger partial charge in [0.25, 0.3) is 0 Å². The summed E-state index contributed by atoms with van der Waals surface area (Å²) in [4.78, 5) is 12.3. The number of rotatable bonds is 7. The SMILES string of the molecule is CCOC(=O)C(C)(C)c1ccccc1C(O)CCC1OCCO1. The maximum absolute atomic E-state index is 12.3. The van der Waals surface area contributed by atoms with E-state index in [0.29, 0.717) is 32.7 Å². The number of aliphatic hydroxyl groups is 1. The van der Waals surface area contributed by atoms with Gasteiger partial charge in [0.05, 0.1) is 31.3 Å². The van der Waals surface area contributed by atoms with E-state index < -0.39 is 11.5 Å². The van der Waals surface area contributed by atoms with Crippen molar-refractivity contribution >= 4 is 5.97 Å². The highest BCUT2D eigenvalue weighted by molar-refractivity contribution is 5.82. The topological polar surface area (TPSA) is 65.0 Å². The van der Waals surface area contributed by atoms with Crippen LogP contribution in [-0.4, -0.2) is 37.2 Å². The molecule has 1 atom stereocenters. The Balaban J connectivity index is 2.13. The maximum Gasteiger partial charge on any atom is 0.315 e. The lowest BCUT2D eigenvalue weighted by Crippen LogP contribution is -2.32. The minimum absolute atomic E-state index is 0.241. The second kappa shape index (κ2) is 7.90. The Labute approximate surface area is 137 Å². The molecule has 0 aromatic heterocycles. The average Bonchev–Trinajstić information content (AvgIpc) is 3.06. The third kappa shape index (κ3) is 4.31. The highest BCUT2D eigenvalue weighted by atomic mass is 16.7. The van der Waals surface area contributed by atoms with Crippen LogP contribution in [0.1, 0.15) is 50.8 Å². The van der Waals surface area contributed by atoms with E-state index in [-0.39, 0.29) is 12.3 Å². The Morgan fingerprint density at radius 3 is 2.65 bits per heavy atom. The van der Waals surface area contributed by atoms with Gasteiger partial charge in [-0.1, -0.05) is 24.3 Å². The van der Waals surface area contributed by atoms with Crippen LogP contribution in [0.5, 0.6) is 0 Å². The largest absolute Gasteiger partial charge is 0.465 e. The summed E-state index contributed by atoms with van der Waals surface area (Å²) in [6.07, 6.45) is 0.221. The van der Waals surface area contributed by atoms with E-state index in [1.807, 2.05) is 38.1 Å². The highest BCUT2D eigenvalue weighted by Gasteiger charge is 2.34. The van der Waals surface area contributed by atoms with Gasteiger partial charge in [-0.2, -0.15) is 0 Å². The fourth-order valence-electron chi connectivity index (χ4n) is 2.80. The zero-order chi connectivity index (χ0) is 16.9. The summed E-state index contributed by atoms with van der Waals surface area (Å²) >= 11 is 0. The number of carbonyl (C=O) groups is 1. The van der Waals surface area contributed by atoms with Crippen molar-refractivity contribution in [3.05, 3.63) is 35.4 Å². The first-order chi connectivity index (χ1) is 11.0. The van der Waals surface area contributed by atoms with E-state index in [2.05, 4.69) is 0 Å². The van der Waals surface area contributed by atoms with E-state index in [4.69, 9.17) is 14.2 Å². The molecule has 5 heteroatoms. The zero-order valence-corrected chi connectivity index (χ0v) is 14.1. The van der Waals surface area contributed by atoms with Crippen LogP contribution in [0.4, 0.5) is 0 Å². The molecule has 1 aliphatic heterocycles. The molecule has 1 fully saturated rings. The lowest BCUT2D eigenvalue weighted by Gasteiger charge is -2.27. The quantitative estimate of drug-likeness (QED) is 0.782. The number of aliphatic hydroxyl groups excluding tert-OH is 1. The van der Waals surface area contributed by atoms with Crippen LogP contribution in [-0.2, 0) is 24.4 Å². The van der Waals surface area contributed by atoms with Crippen molar-refractivity contribution in [2.45, 2.75) is 51.4 Å². The van der Waals surface area contributed by atoms with Crippen LogP contribution in [0.15, 0.2) is 24.3 Å². The van der Waals surface area contributed by atoms with Crippen LogP contribution < -0.4 is 0 Å². The van der Waals surface area contributed by atoms with Crippen molar-refractivity contribution in [1.29, 1.82) is 0 Å². The third-order valence-corrected chi connectivity index (χ3v) is 4.15. The lowest BCUT2D eigenvalue weighted by molar-refractivity contribution is -0.148. The molecule has 0 saturated carbocycles. The summed E-state index contributed by atoms with van der Waals surface area (Å²) in [5, 5.41) is 10.6. The second-order valence-electron chi connectivity index (χ2n) is 6.20. The molecule has 1 N–H and O–H groups in total. The molecule has 1 aromatic rings. The lowest BCUT2D eigenvalue weighted by atomic mass is 9.80. The van der Waals surface area contributed by atoms with Crippen molar-refractivity contribution in [3.8, 4) is 0 Å².